The molecule has 0 unspecified atom stereocenters. The van der Waals surface area contributed by atoms with E-state index < -0.39 is 0 Å². The maximum absolute atomic E-state index is 9.97. The van der Waals surface area contributed by atoms with Crippen molar-refractivity contribution in [1.29, 1.82) is 0 Å². The molecule has 0 saturated heterocycles. The fourth-order valence-electron chi connectivity index (χ4n) is 3.82. The average Bonchev–Trinajstić information content (AvgIpc) is 2.73. The smallest absolute Gasteiger partial charge is 0.116 e. The van der Waals surface area contributed by atoms with E-state index in [1.807, 2.05) is 12.1 Å². The number of benzene rings is 4. The molecule has 4 aromatic rings. The van der Waals surface area contributed by atoms with Crippen LogP contribution in [0.3, 0.4) is 0 Å². The van der Waals surface area contributed by atoms with Crippen molar-refractivity contribution in [3.8, 4) is 16.9 Å². The molecule has 0 amide bonds. The van der Waals surface area contributed by atoms with E-state index in [4.69, 9.17) is 0 Å². The number of aromatic hydroxyl groups is 1. The Balaban J connectivity index is 1.83. The maximum atomic E-state index is 9.97. The van der Waals surface area contributed by atoms with Crippen LogP contribution in [0.4, 0.5) is 17.1 Å². The van der Waals surface area contributed by atoms with Gasteiger partial charge >= 0.3 is 0 Å². The molecule has 1 N–H and O–H groups in total. The molecule has 150 valence electrons. The molecule has 2 nitrogen and oxygen atoms in total. The molecule has 0 atom stereocenters. The zero-order valence-electron chi connectivity index (χ0n) is 18.0. The van der Waals surface area contributed by atoms with E-state index in [2.05, 4.69) is 99.3 Å². The van der Waals surface area contributed by atoms with E-state index >= 15 is 0 Å². The molecular formula is C28H27NO. The number of nitrogens with zero attached hydrogens (tertiary/aromatic N) is 1. The van der Waals surface area contributed by atoms with Gasteiger partial charge in [0.1, 0.15) is 5.75 Å². The Labute approximate surface area is 179 Å². The summed E-state index contributed by atoms with van der Waals surface area (Å²) in [5, 5.41) is 9.97. The van der Waals surface area contributed by atoms with Crippen LogP contribution < -0.4 is 4.90 Å². The fraction of sp³-hybridized carbons (Fsp3) is 0.143. The van der Waals surface area contributed by atoms with Gasteiger partial charge in [0.15, 0.2) is 0 Å². The number of anilines is 3. The van der Waals surface area contributed by atoms with Gasteiger partial charge in [-0.15, -0.1) is 0 Å². The SMILES string of the molecule is Cc1ccc(N(c2ccc(C)cc2)c2ccc(-c3cc(O)ccc3C)c(C)c2)cc1. The van der Waals surface area contributed by atoms with Crippen LogP contribution in [0.1, 0.15) is 22.3 Å². The van der Waals surface area contributed by atoms with Crippen LogP contribution in [-0.2, 0) is 0 Å². The molecular weight excluding hydrogens is 366 g/mol. The quantitative estimate of drug-likeness (QED) is 0.383. The minimum atomic E-state index is 0.292. The normalized spacial score (nSPS) is 10.8. The number of aryl methyl sites for hydroxylation is 4. The molecule has 0 fully saturated rings. The second-order valence-electron chi connectivity index (χ2n) is 8.00. The summed E-state index contributed by atoms with van der Waals surface area (Å²) in [6, 6.07) is 29.3. The molecule has 0 radical (unpaired) electrons. The van der Waals surface area contributed by atoms with Crippen molar-refractivity contribution < 1.29 is 5.11 Å². The van der Waals surface area contributed by atoms with Gasteiger partial charge < -0.3 is 10.0 Å². The minimum Gasteiger partial charge on any atom is -0.508 e. The average molecular weight is 394 g/mol. The van der Waals surface area contributed by atoms with E-state index in [9.17, 15) is 5.11 Å². The van der Waals surface area contributed by atoms with E-state index in [1.54, 1.807) is 6.07 Å². The van der Waals surface area contributed by atoms with Crippen molar-refractivity contribution in [1.82, 2.24) is 0 Å². The lowest BCUT2D eigenvalue weighted by Gasteiger charge is -2.26. The molecule has 0 aliphatic rings. The lowest BCUT2D eigenvalue weighted by atomic mass is 9.95. The summed E-state index contributed by atoms with van der Waals surface area (Å²) in [6.07, 6.45) is 0. The van der Waals surface area contributed by atoms with Gasteiger partial charge in [0.05, 0.1) is 0 Å². The van der Waals surface area contributed by atoms with Gasteiger partial charge in [0.25, 0.3) is 0 Å². The molecule has 4 rings (SSSR count). The molecule has 0 spiro atoms. The van der Waals surface area contributed by atoms with Crippen LogP contribution in [-0.4, -0.2) is 5.11 Å². The van der Waals surface area contributed by atoms with E-state index in [0.717, 1.165) is 33.8 Å². The topological polar surface area (TPSA) is 23.5 Å². The van der Waals surface area contributed by atoms with Gasteiger partial charge in [-0.25, -0.2) is 0 Å². The summed E-state index contributed by atoms with van der Waals surface area (Å²) in [6.45, 7) is 8.42. The molecule has 0 aromatic heterocycles. The lowest BCUT2D eigenvalue weighted by molar-refractivity contribution is 0.475. The maximum Gasteiger partial charge on any atom is 0.116 e. The number of phenolic OH excluding ortho intramolecular Hbond substituents is 1. The highest BCUT2D eigenvalue weighted by Gasteiger charge is 2.14. The van der Waals surface area contributed by atoms with Crippen LogP contribution in [0.25, 0.3) is 11.1 Å². The van der Waals surface area contributed by atoms with E-state index in [1.165, 1.54) is 16.7 Å². The second kappa shape index (κ2) is 8.08. The number of phenols is 1. The first-order valence-electron chi connectivity index (χ1n) is 10.3. The highest BCUT2D eigenvalue weighted by molar-refractivity contribution is 5.80. The van der Waals surface area contributed by atoms with Crippen LogP contribution in [0.15, 0.2) is 84.9 Å². The third kappa shape index (κ3) is 3.95. The molecule has 0 bridgehead atoms. The van der Waals surface area contributed by atoms with Crippen LogP contribution in [0.5, 0.6) is 5.75 Å². The first-order chi connectivity index (χ1) is 14.4. The Morgan fingerprint density at radius 3 is 1.57 bits per heavy atom. The van der Waals surface area contributed by atoms with Gasteiger partial charge in [0, 0.05) is 17.1 Å². The van der Waals surface area contributed by atoms with Crippen molar-refractivity contribution in [3.63, 3.8) is 0 Å². The molecule has 0 aliphatic heterocycles. The van der Waals surface area contributed by atoms with Crippen LogP contribution in [0.2, 0.25) is 0 Å². The van der Waals surface area contributed by atoms with Gasteiger partial charge in [-0.05, 0) is 98.5 Å². The summed E-state index contributed by atoms with van der Waals surface area (Å²) < 4.78 is 0. The third-order valence-corrected chi connectivity index (χ3v) is 5.56. The summed E-state index contributed by atoms with van der Waals surface area (Å²) >= 11 is 0. The zero-order valence-corrected chi connectivity index (χ0v) is 18.0. The van der Waals surface area contributed by atoms with E-state index in [0.29, 0.717) is 5.75 Å². The lowest BCUT2D eigenvalue weighted by Crippen LogP contribution is -2.10. The Hall–Kier alpha value is -3.52. The first-order valence-corrected chi connectivity index (χ1v) is 10.3. The predicted octanol–water partition coefficient (Wildman–Crippen LogP) is 7.76. The number of hydrogen-bond donors (Lipinski definition) is 1. The largest absolute Gasteiger partial charge is 0.508 e. The van der Waals surface area contributed by atoms with Crippen molar-refractivity contribution in [2.24, 2.45) is 0 Å². The first kappa shape index (κ1) is 19.8. The minimum absolute atomic E-state index is 0.292. The predicted molar refractivity (Wildman–Crippen MR) is 127 cm³/mol. The molecule has 2 heteroatoms. The van der Waals surface area contributed by atoms with Gasteiger partial charge in [-0.1, -0.05) is 47.5 Å². The molecule has 0 heterocycles. The van der Waals surface area contributed by atoms with Crippen molar-refractivity contribution in [3.05, 3.63) is 107 Å². The molecule has 4 aromatic carbocycles. The number of hydrogen-bond acceptors (Lipinski definition) is 2. The summed E-state index contributed by atoms with van der Waals surface area (Å²) in [7, 11) is 0. The van der Waals surface area contributed by atoms with Gasteiger partial charge in [-0.2, -0.15) is 0 Å². The standard InChI is InChI=1S/C28H27NO/c1-19-5-10-23(11-6-19)29(24-12-7-20(2)8-13-24)25-14-16-27(22(4)17-25)28-18-26(30)15-9-21(28)3/h5-18,30H,1-4H3. The third-order valence-electron chi connectivity index (χ3n) is 5.56. The van der Waals surface area contributed by atoms with Crippen LogP contribution >= 0.6 is 0 Å². The van der Waals surface area contributed by atoms with Crippen LogP contribution in [0, 0.1) is 27.7 Å². The second-order valence-corrected chi connectivity index (χ2v) is 8.00. The highest BCUT2D eigenvalue weighted by atomic mass is 16.3. The highest BCUT2D eigenvalue weighted by Crippen LogP contribution is 2.38. The Kier molecular flexibility index (Phi) is 5.33. The van der Waals surface area contributed by atoms with Crippen molar-refractivity contribution in [2.75, 3.05) is 4.90 Å². The van der Waals surface area contributed by atoms with Gasteiger partial charge in [0.2, 0.25) is 0 Å². The summed E-state index contributed by atoms with van der Waals surface area (Å²) in [4.78, 5) is 2.28. The van der Waals surface area contributed by atoms with Crippen molar-refractivity contribution in [2.45, 2.75) is 27.7 Å². The Morgan fingerprint density at radius 1 is 0.500 bits per heavy atom. The van der Waals surface area contributed by atoms with E-state index in [-0.39, 0.29) is 0 Å². The Bertz CT molecular complexity index is 1130. The number of rotatable bonds is 4. The van der Waals surface area contributed by atoms with Crippen molar-refractivity contribution >= 4 is 17.1 Å². The Morgan fingerprint density at radius 2 is 1.03 bits per heavy atom. The molecule has 30 heavy (non-hydrogen) atoms. The summed E-state index contributed by atoms with van der Waals surface area (Å²) in [5.41, 5.74) is 10.4. The van der Waals surface area contributed by atoms with Gasteiger partial charge in [-0.3, -0.25) is 0 Å². The summed E-state index contributed by atoms with van der Waals surface area (Å²) in [5.74, 6) is 0.292. The molecule has 0 saturated carbocycles. The zero-order chi connectivity index (χ0) is 21.3. The monoisotopic (exact) mass is 393 g/mol. The molecule has 0 aliphatic carbocycles. The fourth-order valence-corrected chi connectivity index (χ4v) is 3.82.